The largest absolute Gasteiger partial charge is 0.453 e. The second kappa shape index (κ2) is 12.7. The highest BCUT2D eigenvalue weighted by atomic mass is 32.1. The van der Waals surface area contributed by atoms with Gasteiger partial charge in [-0.25, -0.2) is 0 Å². The van der Waals surface area contributed by atoms with Gasteiger partial charge >= 0.3 is 0 Å². The maximum Gasteiger partial charge on any atom is 0.264 e. The Morgan fingerprint density at radius 2 is 1.13 bits per heavy atom. The van der Waals surface area contributed by atoms with Crippen molar-refractivity contribution in [3.63, 3.8) is 0 Å². The van der Waals surface area contributed by atoms with Gasteiger partial charge in [0.25, 0.3) is 6.71 Å². The van der Waals surface area contributed by atoms with Gasteiger partial charge < -0.3 is 14.2 Å². The Kier molecular flexibility index (Phi) is 8.32. The minimum atomic E-state index is -0.0142. The number of benzene rings is 5. The van der Waals surface area contributed by atoms with E-state index in [0.717, 1.165) is 23.3 Å². The number of thiophene rings is 1. The van der Waals surface area contributed by atoms with Crippen LogP contribution in [0.3, 0.4) is 0 Å². The van der Waals surface area contributed by atoms with E-state index in [1.807, 2.05) is 11.3 Å². The Labute approximate surface area is 362 Å². The number of hydrogen-bond acceptors (Lipinski definition) is 4. The van der Waals surface area contributed by atoms with Crippen molar-refractivity contribution in [2.24, 2.45) is 0 Å². The Balaban J connectivity index is 1.33. The van der Waals surface area contributed by atoms with Gasteiger partial charge in [0, 0.05) is 38.6 Å². The number of hydrogen-bond donors (Lipinski definition) is 0. The predicted octanol–water partition coefficient (Wildman–Crippen LogP) is 14.3. The number of aryl methyl sites for hydroxylation is 1. The highest BCUT2D eigenvalue weighted by Gasteiger charge is 2.48. The maximum absolute atomic E-state index is 7.29. The van der Waals surface area contributed by atoms with E-state index in [2.05, 4.69) is 198 Å². The van der Waals surface area contributed by atoms with Gasteiger partial charge in [-0.05, 0) is 140 Å². The summed E-state index contributed by atoms with van der Waals surface area (Å²) >= 11 is 1.98. The zero-order valence-electron chi connectivity index (χ0n) is 38.4. The van der Waals surface area contributed by atoms with Crippen LogP contribution in [0.5, 0.6) is 0 Å². The van der Waals surface area contributed by atoms with Gasteiger partial charge in [-0.15, -0.1) is 11.3 Å². The van der Waals surface area contributed by atoms with E-state index >= 15 is 0 Å². The third kappa shape index (κ3) is 5.81. The molecule has 0 atom stereocenters. The van der Waals surface area contributed by atoms with E-state index in [0.29, 0.717) is 0 Å². The van der Waals surface area contributed by atoms with Gasteiger partial charge in [0.15, 0.2) is 5.58 Å². The molecule has 7 aromatic rings. The lowest BCUT2D eigenvalue weighted by Gasteiger charge is -2.43. The predicted molar refractivity (Wildman–Crippen MR) is 262 cm³/mol. The molecule has 0 fully saturated rings. The van der Waals surface area contributed by atoms with E-state index in [-0.39, 0.29) is 33.8 Å². The molecule has 3 nitrogen and oxygen atoms in total. The number of nitrogens with zero attached hydrogens (tertiary/aromatic N) is 2. The van der Waals surface area contributed by atoms with Crippen molar-refractivity contribution in [2.45, 2.75) is 137 Å². The molecule has 0 N–H and O–H groups in total. The van der Waals surface area contributed by atoms with Gasteiger partial charge in [-0.3, -0.25) is 0 Å². The fourth-order valence-electron chi connectivity index (χ4n) is 10.6. The first kappa shape index (κ1) is 39.4. The van der Waals surface area contributed by atoms with Crippen molar-refractivity contribution in [2.75, 3.05) is 9.80 Å². The summed E-state index contributed by atoms with van der Waals surface area (Å²) in [5.74, 6) is 0. The number of fused-ring (bicyclic) bond motifs is 10. The van der Waals surface area contributed by atoms with E-state index in [9.17, 15) is 0 Å². The number of anilines is 6. The molecular weight excluding hydrogens is 747 g/mol. The normalized spacial score (nSPS) is 16.9. The molecule has 0 saturated heterocycles. The fraction of sp³-hybridized carbons (Fsp3) is 0.382. The van der Waals surface area contributed by atoms with Crippen LogP contribution in [0.25, 0.3) is 21.3 Å². The molecule has 3 aliphatic rings. The summed E-state index contributed by atoms with van der Waals surface area (Å²) in [6.07, 6.45) is 2.34. The van der Waals surface area contributed by atoms with Gasteiger partial charge in [-0.2, -0.15) is 0 Å². The van der Waals surface area contributed by atoms with Crippen LogP contribution < -0.4 is 25.5 Å². The van der Waals surface area contributed by atoms with Crippen LogP contribution in [-0.2, 0) is 27.1 Å². The van der Waals surface area contributed by atoms with Crippen molar-refractivity contribution in [1.29, 1.82) is 0 Å². The molecule has 2 aromatic heterocycles. The highest BCUT2D eigenvalue weighted by molar-refractivity contribution is 7.34. The van der Waals surface area contributed by atoms with Gasteiger partial charge in [0.1, 0.15) is 5.58 Å². The summed E-state index contributed by atoms with van der Waals surface area (Å²) in [6, 6.07) is 35.5. The standard InChI is InChI=1S/C55H61BN2OS/c1-32-29-41-46-42(30-32)58(37-22-17-34(18-23-37)52(5,6)7)47-48-49(44-43(59-48)26-24-38-45(44)55(13,14)28-27-54(38,11)12)60-50(47)56(46)39-31-35(53(8,9)10)19-25-40(39)57(41)36-20-15-33(16-21-36)51(2,3)4/h15-26,29-31H,27-28H2,1-14H3. The minimum absolute atomic E-state index is 0.0142. The van der Waals surface area contributed by atoms with Crippen LogP contribution in [0.15, 0.2) is 95.4 Å². The van der Waals surface area contributed by atoms with Crippen LogP contribution in [0.4, 0.5) is 34.1 Å². The number of furan rings is 1. The highest BCUT2D eigenvalue weighted by Crippen LogP contribution is 2.55. The molecule has 60 heavy (non-hydrogen) atoms. The molecule has 0 bridgehead atoms. The van der Waals surface area contributed by atoms with Crippen LogP contribution in [0, 0.1) is 6.92 Å². The third-order valence-corrected chi connectivity index (χ3v) is 15.5. The monoisotopic (exact) mass is 808 g/mol. The van der Waals surface area contributed by atoms with E-state index in [4.69, 9.17) is 4.42 Å². The zero-order chi connectivity index (χ0) is 42.6. The van der Waals surface area contributed by atoms with Crippen molar-refractivity contribution in [1.82, 2.24) is 0 Å². The van der Waals surface area contributed by atoms with Crippen LogP contribution in [0.1, 0.15) is 136 Å². The van der Waals surface area contributed by atoms with Crippen molar-refractivity contribution in [3.8, 4) is 0 Å². The van der Waals surface area contributed by atoms with E-state index in [1.165, 1.54) is 94.0 Å². The van der Waals surface area contributed by atoms with Crippen LogP contribution in [-0.4, -0.2) is 6.71 Å². The minimum Gasteiger partial charge on any atom is -0.453 e. The van der Waals surface area contributed by atoms with E-state index in [1.54, 1.807) is 0 Å². The second-order valence-electron chi connectivity index (χ2n) is 22.6. The zero-order valence-corrected chi connectivity index (χ0v) is 39.2. The Bertz CT molecular complexity index is 2890. The molecule has 5 heteroatoms. The topological polar surface area (TPSA) is 19.6 Å². The Morgan fingerprint density at radius 1 is 0.600 bits per heavy atom. The Morgan fingerprint density at radius 3 is 1.72 bits per heavy atom. The van der Waals surface area contributed by atoms with Crippen LogP contribution >= 0.6 is 11.3 Å². The molecule has 0 unspecified atom stereocenters. The summed E-state index contributed by atoms with van der Waals surface area (Å²) in [5.41, 5.74) is 20.5. The molecule has 4 heterocycles. The lowest BCUT2D eigenvalue weighted by atomic mass is 9.36. The van der Waals surface area contributed by atoms with Crippen molar-refractivity contribution >= 4 is 89.1 Å². The molecule has 0 radical (unpaired) electrons. The molecule has 5 aromatic carbocycles. The summed E-state index contributed by atoms with van der Waals surface area (Å²) in [6.45, 7) is 32.9. The molecule has 2 aliphatic heterocycles. The van der Waals surface area contributed by atoms with Gasteiger partial charge in [0.05, 0.1) is 10.4 Å². The first-order chi connectivity index (χ1) is 28.0. The SMILES string of the molecule is Cc1cc2c3c(c1)N(c1ccc(C(C)(C)C)cc1)c1c(sc4c1oc1ccc5c(c14)C(C)(C)CCC5(C)C)B3c1cc(C(C)(C)C)ccc1N2c1ccc(C(C)(C)C)cc1. The molecule has 0 amide bonds. The summed E-state index contributed by atoms with van der Waals surface area (Å²) < 4.78 is 9.94. The third-order valence-electron chi connectivity index (χ3n) is 14.2. The van der Waals surface area contributed by atoms with Crippen molar-refractivity contribution in [3.05, 3.63) is 124 Å². The Hall–Kier alpha value is -4.74. The average Bonchev–Trinajstić information content (AvgIpc) is 3.71. The first-order valence-electron chi connectivity index (χ1n) is 22.2. The smallest absolute Gasteiger partial charge is 0.264 e. The molecule has 0 saturated carbocycles. The fourth-order valence-corrected chi connectivity index (χ4v) is 12.0. The summed E-state index contributed by atoms with van der Waals surface area (Å²) in [5, 5.41) is 1.32. The lowest BCUT2D eigenvalue weighted by molar-refractivity contribution is 0.334. The van der Waals surface area contributed by atoms with Crippen LogP contribution in [0.2, 0.25) is 0 Å². The summed E-state index contributed by atoms with van der Waals surface area (Å²) in [7, 11) is 0. The average molecular weight is 809 g/mol. The molecule has 1 aliphatic carbocycles. The molecule has 10 rings (SSSR count). The maximum atomic E-state index is 7.29. The number of rotatable bonds is 2. The quantitative estimate of drug-likeness (QED) is 0.162. The first-order valence-corrected chi connectivity index (χ1v) is 23.0. The van der Waals surface area contributed by atoms with E-state index < -0.39 is 0 Å². The lowest BCUT2D eigenvalue weighted by Crippen LogP contribution is -2.60. The summed E-state index contributed by atoms with van der Waals surface area (Å²) in [4.78, 5) is 5.11. The van der Waals surface area contributed by atoms with Gasteiger partial charge in [0.2, 0.25) is 0 Å². The molecule has 306 valence electrons. The second-order valence-corrected chi connectivity index (χ2v) is 23.7. The van der Waals surface area contributed by atoms with Crippen molar-refractivity contribution < 1.29 is 4.42 Å². The molecular formula is C55H61BN2OS. The molecule has 0 spiro atoms. The van der Waals surface area contributed by atoms with Gasteiger partial charge in [-0.1, -0.05) is 132 Å².